The van der Waals surface area contributed by atoms with Crippen molar-refractivity contribution < 1.29 is 33.9 Å². The molecule has 1 heterocycles. The second-order valence-electron chi connectivity index (χ2n) is 6.85. The Bertz CT molecular complexity index is 1080. The number of rotatable bonds is 7. The van der Waals surface area contributed by atoms with Crippen molar-refractivity contribution in [3.63, 3.8) is 0 Å². The van der Waals surface area contributed by atoms with E-state index in [0.717, 1.165) is 29.2 Å². The molecule has 31 heavy (non-hydrogen) atoms. The van der Waals surface area contributed by atoms with Gasteiger partial charge in [-0.05, 0) is 36.2 Å². The number of aliphatic hydroxyl groups is 1. The van der Waals surface area contributed by atoms with Gasteiger partial charge in [-0.2, -0.15) is 0 Å². The normalized spacial score (nSPS) is 17.7. The van der Waals surface area contributed by atoms with Crippen LogP contribution < -0.4 is 0 Å². The van der Waals surface area contributed by atoms with Crippen LogP contribution in [0.2, 0.25) is 0 Å². The highest BCUT2D eigenvalue weighted by atomic mass is 19.1. The van der Waals surface area contributed by atoms with Crippen LogP contribution >= 0.6 is 0 Å². The van der Waals surface area contributed by atoms with Gasteiger partial charge in [0.2, 0.25) is 0 Å². The fourth-order valence-corrected chi connectivity index (χ4v) is 3.40. The molecule has 1 aliphatic rings. The van der Waals surface area contributed by atoms with Gasteiger partial charge in [0.05, 0.1) is 16.5 Å². The quantitative estimate of drug-likeness (QED) is 0.227. The lowest BCUT2D eigenvalue weighted by molar-refractivity contribution is -0.384. The minimum Gasteiger partial charge on any atom is -0.507 e. The average molecular weight is 428 g/mol. The van der Waals surface area contributed by atoms with E-state index in [0.29, 0.717) is 5.56 Å². The van der Waals surface area contributed by atoms with Gasteiger partial charge in [-0.15, -0.1) is 0 Å². The fourth-order valence-electron chi connectivity index (χ4n) is 3.40. The lowest BCUT2D eigenvalue weighted by Crippen LogP contribution is -2.31. The SMILES string of the molecule is O=C(O)CCCN1C(=O)C(=O)C(=C(O)c2ccc([N+](=O)[O-])cc2)[C@H]1c1ccc(F)cc1. The highest BCUT2D eigenvalue weighted by Crippen LogP contribution is 2.39. The molecule has 3 rings (SSSR count). The lowest BCUT2D eigenvalue weighted by atomic mass is 9.95. The second-order valence-corrected chi connectivity index (χ2v) is 6.85. The molecular weight excluding hydrogens is 411 g/mol. The van der Waals surface area contributed by atoms with Crippen molar-refractivity contribution >= 4 is 29.1 Å². The van der Waals surface area contributed by atoms with Crippen LogP contribution in [-0.2, 0) is 14.4 Å². The zero-order valence-corrected chi connectivity index (χ0v) is 16.0. The molecule has 10 heteroatoms. The Hall–Kier alpha value is -4.08. The van der Waals surface area contributed by atoms with E-state index in [1.807, 2.05) is 0 Å². The third-order valence-corrected chi connectivity index (χ3v) is 4.87. The molecule has 0 radical (unpaired) electrons. The molecule has 0 aliphatic carbocycles. The first-order valence-corrected chi connectivity index (χ1v) is 9.21. The molecule has 0 saturated carbocycles. The van der Waals surface area contributed by atoms with Crippen LogP contribution in [0.25, 0.3) is 5.76 Å². The number of aliphatic carboxylic acids is 1. The number of nitro groups is 1. The Morgan fingerprint density at radius 3 is 2.23 bits per heavy atom. The van der Waals surface area contributed by atoms with Crippen molar-refractivity contribution in [2.45, 2.75) is 18.9 Å². The maximum atomic E-state index is 13.4. The number of Topliss-reactive ketones (excluding diaryl/α,β-unsaturated/α-hetero) is 1. The van der Waals surface area contributed by atoms with E-state index in [4.69, 9.17) is 5.11 Å². The van der Waals surface area contributed by atoms with Crippen molar-refractivity contribution in [3.8, 4) is 0 Å². The molecule has 1 saturated heterocycles. The topological polar surface area (TPSA) is 138 Å². The summed E-state index contributed by atoms with van der Waals surface area (Å²) in [4.78, 5) is 47.6. The monoisotopic (exact) mass is 428 g/mol. The number of carbonyl (C=O) groups excluding carboxylic acids is 2. The van der Waals surface area contributed by atoms with Crippen molar-refractivity contribution in [2.75, 3.05) is 6.54 Å². The predicted molar refractivity (Wildman–Crippen MR) is 105 cm³/mol. The van der Waals surface area contributed by atoms with Crippen LogP contribution in [0.3, 0.4) is 0 Å². The van der Waals surface area contributed by atoms with Gasteiger partial charge in [0.25, 0.3) is 17.4 Å². The van der Waals surface area contributed by atoms with Gasteiger partial charge in [0.1, 0.15) is 11.6 Å². The number of halogens is 1. The highest BCUT2D eigenvalue weighted by Gasteiger charge is 2.45. The van der Waals surface area contributed by atoms with Crippen LogP contribution in [-0.4, -0.2) is 44.2 Å². The van der Waals surface area contributed by atoms with Crippen molar-refractivity contribution in [1.29, 1.82) is 0 Å². The van der Waals surface area contributed by atoms with E-state index in [1.54, 1.807) is 0 Å². The molecule has 2 N–H and O–H groups in total. The van der Waals surface area contributed by atoms with Gasteiger partial charge in [-0.3, -0.25) is 24.5 Å². The minimum absolute atomic E-state index is 0.0671. The summed E-state index contributed by atoms with van der Waals surface area (Å²) in [5, 5.41) is 30.5. The second kappa shape index (κ2) is 8.74. The molecule has 1 amide bonds. The number of carboxylic acids is 1. The summed E-state index contributed by atoms with van der Waals surface area (Å²) in [6.07, 6.45) is -0.168. The van der Waals surface area contributed by atoms with Crippen LogP contribution in [0.1, 0.15) is 30.0 Å². The van der Waals surface area contributed by atoms with Gasteiger partial charge < -0.3 is 15.1 Å². The van der Waals surface area contributed by atoms with E-state index in [9.17, 15) is 34.0 Å². The Morgan fingerprint density at radius 2 is 1.68 bits per heavy atom. The first-order valence-electron chi connectivity index (χ1n) is 9.21. The van der Waals surface area contributed by atoms with Crippen LogP contribution in [0, 0.1) is 15.9 Å². The maximum Gasteiger partial charge on any atom is 0.303 e. The number of carboxylic acid groups (broad SMARTS) is 1. The maximum absolute atomic E-state index is 13.4. The Kier molecular flexibility index (Phi) is 6.10. The molecule has 9 nitrogen and oxygen atoms in total. The van der Waals surface area contributed by atoms with E-state index >= 15 is 0 Å². The summed E-state index contributed by atoms with van der Waals surface area (Å²) in [6.45, 7) is -0.0735. The van der Waals surface area contributed by atoms with Gasteiger partial charge >= 0.3 is 5.97 Å². The molecule has 0 bridgehead atoms. The standard InChI is InChI=1S/C21H17FN2O7/c22-14-7-3-12(4-8-14)18-17(19(27)13-5-9-15(10-6-13)24(30)31)20(28)21(29)23(18)11-1-2-16(25)26/h3-10,18,27H,1-2,11H2,(H,25,26)/t18-/m1/s1. The first-order chi connectivity index (χ1) is 14.7. The highest BCUT2D eigenvalue weighted by molar-refractivity contribution is 6.46. The number of non-ortho nitro benzene ring substituents is 1. The molecule has 2 aromatic carbocycles. The van der Waals surface area contributed by atoms with Crippen molar-refractivity contribution in [3.05, 3.63) is 81.2 Å². The molecule has 1 fully saturated rings. The number of likely N-dealkylation sites (tertiary alicyclic amines) is 1. The molecule has 160 valence electrons. The molecule has 0 unspecified atom stereocenters. The summed E-state index contributed by atoms with van der Waals surface area (Å²) in [7, 11) is 0. The zero-order valence-electron chi connectivity index (χ0n) is 16.0. The lowest BCUT2D eigenvalue weighted by Gasteiger charge is -2.25. The summed E-state index contributed by atoms with van der Waals surface area (Å²) in [5.41, 5.74) is -0.0535. The number of amides is 1. The summed E-state index contributed by atoms with van der Waals surface area (Å²) >= 11 is 0. The molecule has 2 aromatic rings. The van der Waals surface area contributed by atoms with E-state index in [2.05, 4.69) is 0 Å². The Morgan fingerprint density at radius 1 is 1.06 bits per heavy atom. The molecule has 1 atom stereocenters. The van der Waals surface area contributed by atoms with E-state index in [-0.39, 0.29) is 36.2 Å². The van der Waals surface area contributed by atoms with Gasteiger partial charge in [0.15, 0.2) is 0 Å². The van der Waals surface area contributed by atoms with Gasteiger partial charge in [-0.1, -0.05) is 12.1 Å². The number of carbonyl (C=O) groups is 3. The summed E-state index contributed by atoms with van der Waals surface area (Å²) in [6, 6.07) is 8.70. The van der Waals surface area contributed by atoms with Gasteiger partial charge in [-0.25, -0.2) is 4.39 Å². The molecule has 0 aromatic heterocycles. The zero-order chi connectivity index (χ0) is 22.7. The van der Waals surface area contributed by atoms with E-state index in [1.165, 1.54) is 24.3 Å². The first kappa shape index (κ1) is 21.6. The summed E-state index contributed by atoms with van der Waals surface area (Å²) < 4.78 is 13.4. The average Bonchev–Trinajstić information content (AvgIpc) is 2.98. The third kappa shape index (κ3) is 4.42. The number of nitrogens with zero attached hydrogens (tertiary/aromatic N) is 2. The van der Waals surface area contributed by atoms with Crippen molar-refractivity contribution in [1.82, 2.24) is 4.90 Å². The minimum atomic E-state index is -1.07. The fraction of sp³-hybridized carbons (Fsp3) is 0.190. The number of nitro benzene ring substituents is 1. The number of benzene rings is 2. The molecule has 1 aliphatic heterocycles. The van der Waals surface area contributed by atoms with Gasteiger partial charge in [0, 0.05) is 30.7 Å². The van der Waals surface area contributed by atoms with Crippen LogP contribution in [0.15, 0.2) is 54.1 Å². The van der Waals surface area contributed by atoms with Crippen LogP contribution in [0.5, 0.6) is 0 Å². The number of ketones is 1. The smallest absolute Gasteiger partial charge is 0.303 e. The Balaban J connectivity index is 2.08. The van der Waals surface area contributed by atoms with Crippen LogP contribution in [0.4, 0.5) is 10.1 Å². The van der Waals surface area contributed by atoms with E-state index < -0.39 is 40.2 Å². The summed E-state index contributed by atoms with van der Waals surface area (Å²) in [5.74, 6) is -4.06. The molecular formula is C21H17FN2O7. The largest absolute Gasteiger partial charge is 0.507 e. The number of hydrogen-bond donors (Lipinski definition) is 2. The van der Waals surface area contributed by atoms with Crippen molar-refractivity contribution in [2.24, 2.45) is 0 Å². The Labute approximate surface area is 175 Å². The third-order valence-electron chi connectivity index (χ3n) is 4.87. The predicted octanol–water partition coefficient (Wildman–Crippen LogP) is 3.02. The molecule has 0 spiro atoms. The number of hydrogen-bond acceptors (Lipinski definition) is 6. The number of aliphatic hydroxyl groups excluding tert-OH is 1.